The second kappa shape index (κ2) is 7.10. The van der Waals surface area contributed by atoms with Gasteiger partial charge in [0.2, 0.25) is 0 Å². The topological polar surface area (TPSA) is 39.1 Å². The number of nitrogens with zero attached hydrogens (tertiary/aromatic N) is 2. The number of hydrogen-bond acceptors (Lipinski definition) is 3. The molecule has 20 heavy (non-hydrogen) atoms. The fourth-order valence-electron chi connectivity index (χ4n) is 2.24. The molecule has 0 spiro atoms. The van der Waals surface area contributed by atoms with Gasteiger partial charge in [0.15, 0.2) is 0 Å². The molecule has 0 saturated heterocycles. The fraction of sp³-hybridized carbons (Fsp3) is 0.438. The van der Waals surface area contributed by atoms with E-state index in [9.17, 15) is 0 Å². The zero-order chi connectivity index (χ0) is 14.4. The van der Waals surface area contributed by atoms with Crippen molar-refractivity contribution in [2.75, 3.05) is 13.2 Å². The average molecular weight is 273 g/mol. The minimum Gasteiger partial charge on any atom is -0.494 e. The highest BCUT2D eigenvalue weighted by molar-refractivity contribution is 5.33. The molecule has 0 fully saturated rings. The Morgan fingerprint density at radius 1 is 1.20 bits per heavy atom. The van der Waals surface area contributed by atoms with E-state index in [1.807, 2.05) is 30.1 Å². The van der Waals surface area contributed by atoms with E-state index in [-0.39, 0.29) is 6.04 Å². The normalized spacial score (nSPS) is 12.3. The van der Waals surface area contributed by atoms with Gasteiger partial charge in [0.1, 0.15) is 5.75 Å². The highest BCUT2D eigenvalue weighted by atomic mass is 16.5. The first-order chi connectivity index (χ1) is 9.76. The number of aryl methyl sites for hydroxylation is 1. The highest BCUT2D eigenvalue weighted by Gasteiger charge is 2.16. The molecule has 1 aromatic carbocycles. The largest absolute Gasteiger partial charge is 0.494 e. The van der Waals surface area contributed by atoms with Gasteiger partial charge in [-0.2, -0.15) is 5.10 Å². The van der Waals surface area contributed by atoms with Gasteiger partial charge in [0.05, 0.1) is 18.3 Å². The third kappa shape index (κ3) is 3.39. The summed E-state index contributed by atoms with van der Waals surface area (Å²) < 4.78 is 7.54. The highest BCUT2D eigenvalue weighted by Crippen LogP contribution is 2.23. The van der Waals surface area contributed by atoms with Gasteiger partial charge in [-0.1, -0.05) is 26.0 Å². The summed E-state index contributed by atoms with van der Waals surface area (Å²) in [5.41, 5.74) is 2.38. The number of nitrogens with one attached hydrogen (secondary N) is 1. The lowest BCUT2D eigenvalue weighted by atomic mass is 10.0. The van der Waals surface area contributed by atoms with Crippen molar-refractivity contribution >= 4 is 0 Å². The average Bonchev–Trinajstić information content (AvgIpc) is 2.89. The quantitative estimate of drug-likeness (QED) is 0.843. The van der Waals surface area contributed by atoms with Gasteiger partial charge < -0.3 is 10.1 Å². The summed E-state index contributed by atoms with van der Waals surface area (Å²) in [7, 11) is 1.97. The maximum Gasteiger partial charge on any atom is 0.119 e. The minimum absolute atomic E-state index is 0.160. The van der Waals surface area contributed by atoms with Crippen molar-refractivity contribution in [1.82, 2.24) is 15.1 Å². The monoisotopic (exact) mass is 273 g/mol. The predicted octanol–water partition coefficient (Wildman–Crippen LogP) is 2.91. The van der Waals surface area contributed by atoms with Crippen molar-refractivity contribution in [3.8, 4) is 5.75 Å². The van der Waals surface area contributed by atoms with E-state index in [4.69, 9.17) is 4.74 Å². The lowest BCUT2D eigenvalue weighted by Crippen LogP contribution is -2.24. The molecule has 4 heteroatoms. The number of aromatic nitrogens is 2. The smallest absolute Gasteiger partial charge is 0.119 e. The van der Waals surface area contributed by atoms with Crippen molar-refractivity contribution in [2.24, 2.45) is 7.05 Å². The standard InChI is InChI=1S/C16H23N3O/c1-4-12-20-14-8-6-13(7-9-14)16(17-5-2)15-10-11-18-19(15)3/h6-11,16-17H,4-5,12H2,1-3H3. The summed E-state index contributed by atoms with van der Waals surface area (Å²) in [6.45, 7) is 5.89. The molecular formula is C16H23N3O. The van der Waals surface area contributed by atoms with Crippen molar-refractivity contribution in [1.29, 1.82) is 0 Å². The molecule has 1 unspecified atom stereocenters. The molecule has 0 aliphatic rings. The molecule has 0 bridgehead atoms. The molecule has 108 valence electrons. The van der Waals surface area contributed by atoms with Crippen molar-refractivity contribution < 1.29 is 4.74 Å². The first-order valence-electron chi connectivity index (χ1n) is 7.20. The van der Waals surface area contributed by atoms with Crippen LogP contribution < -0.4 is 10.1 Å². The first-order valence-corrected chi connectivity index (χ1v) is 7.20. The van der Waals surface area contributed by atoms with Crippen LogP contribution in [0.2, 0.25) is 0 Å². The van der Waals surface area contributed by atoms with Crippen LogP contribution in [-0.2, 0) is 7.05 Å². The second-order valence-corrected chi connectivity index (χ2v) is 4.79. The molecular weight excluding hydrogens is 250 g/mol. The van der Waals surface area contributed by atoms with Crippen LogP contribution in [-0.4, -0.2) is 22.9 Å². The summed E-state index contributed by atoms with van der Waals surface area (Å²) in [6.07, 6.45) is 2.86. The summed E-state index contributed by atoms with van der Waals surface area (Å²) in [5, 5.41) is 7.76. The van der Waals surface area contributed by atoms with E-state index in [1.54, 1.807) is 0 Å². The van der Waals surface area contributed by atoms with Gasteiger partial charge in [0, 0.05) is 13.2 Å². The predicted molar refractivity (Wildman–Crippen MR) is 81.0 cm³/mol. The fourth-order valence-corrected chi connectivity index (χ4v) is 2.24. The maximum absolute atomic E-state index is 5.63. The summed E-state index contributed by atoms with van der Waals surface area (Å²) >= 11 is 0. The van der Waals surface area contributed by atoms with Crippen LogP contribution in [0, 0.1) is 0 Å². The lowest BCUT2D eigenvalue weighted by molar-refractivity contribution is 0.317. The van der Waals surface area contributed by atoms with Crippen molar-refractivity contribution in [3.05, 3.63) is 47.8 Å². The summed E-state index contributed by atoms with van der Waals surface area (Å²) in [4.78, 5) is 0. The number of ether oxygens (including phenoxy) is 1. The van der Waals surface area contributed by atoms with Crippen LogP contribution in [0.3, 0.4) is 0 Å². The summed E-state index contributed by atoms with van der Waals surface area (Å²) in [5.74, 6) is 0.927. The third-order valence-electron chi connectivity index (χ3n) is 3.25. The summed E-state index contributed by atoms with van der Waals surface area (Å²) in [6, 6.07) is 10.5. The van der Waals surface area contributed by atoms with Gasteiger partial charge in [0.25, 0.3) is 0 Å². The Kier molecular flexibility index (Phi) is 5.18. The Morgan fingerprint density at radius 2 is 1.95 bits per heavy atom. The Bertz CT molecular complexity index is 519. The Hall–Kier alpha value is -1.81. The molecule has 0 saturated carbocycles. The van der Waals surface area contributed by atoms with Crippen molar-refractivity contribution in [3.63, 3.8) is 0 Å². The molecule has 1 aromatic heterocycles. The molecule has 0 amide bonds. The molecule has 4 nitrogen and oxygen atoms in total. The third-order valence-corrected chi connectivity index (χ3v) is 3.25. The molecule has 1 heterocycles. The zero-order valence-corrected chi connectivity index (χ0v) is 12.5. The number of benzene rings is 1. The van der Waals surface area contributed by atoms with E-state index in [1.165, 1.54) is 5.56 Å². The van der Waals surface area contributed by atoms with Crippen LogP contribution in [0.5, 0.6) is 5.75 Å². The Labute approximate surface area is 120 Å². The number of rotatable bonds is 7. The Balaban J connectivity index is 2.19. The van der Waals surface area contributed by atoms with Crippen LogP contribution in [0.4, 0.5) is 0 Å². The van der Waals surface area contributed by atoms with E-state index in [2.05, 4.69) is 42.5 Å². The molecule has 2 rings (SSSR count). The first kappa shape index (κ1) is 14.6. The van der Waals surface area contributed by atoms with Gasteiger partial charge in [-0.25, -0.2) is 0 Å². The molecule has 0 radical (unpaired) electrons. The van der Waals surface area contributed by atoms with E-state index in [0.29, 0.717) is 0 Å². The second-order valence-electron chi connectivity index (χ2n) is 4.79. The SMILES string of the molecule is CCCOc1ccc(C(NCC)c2ccnn2C)cc1. The zero-order valence-electron chi connectivity index (χ0n) is 12.5. The minimum atomic E-state index is 0.160. The van der Waals surface area contributed by atoms with Gasteiger partial charge >= 0.3 is 0 Å². The van der Waals surface area contributed by atoms with Gasteiger partial charge in [-0.3, -0.25) is 4.68 Å². The van der Waals surface area contributed by atoms with E-state index in [0.717, 1.165) is 31.0 Å². The molecule has 0 aliphatic carbocycles. The van der Waals surface area contributed by atoms with E-state index >= 15 is 0 Å². The van der Waals surface area contributed by atoms with Gasteiger partial charge in [-0.05, 0) is 36.7 Å². The Morgan fingerprint density at radius 3 is 2.50 bits per heavy atom. The van der Waals surface area contributed by atoms with Crippen LogP contribution in [0.1, 0.15) is 37.6 Å². The molecule has 1 atom stereocenters. The number of hydrogen-bond donors (Lipinski definition) is 1. The van der Waals surface area contributed by atoms with E-state index < -0.39 is 0 Å². The maximum atomic E-state index is 5.63. The lowest BCUT2D eigenvalue weighted by Gasteiger charge is -2.19. The van der Waals surface area contributed by atoms with Crippen LogP contribution >= 0.6 is 0 Å². The van der Waals surface area contributed by atoms with Crippen molar-refractivity contribution in [2.45, 2.75) is 26.3 Å². The van der Waals surface area contributed by atoms with Gasteiger partial charge in [-0.15, -0.1) is 0 Å². The van der Waals surface area contributed by atoms with Crippen LogP contribution in [0.25, 0.3) is 0 Å². The molecule has 1 N–H and O–H groups in total. The molecule has 2 aromatic rings. The van der Waals surface area contributed by atoms with Crippen LogP contribution in [0.15, 0.2) is 36.5 Å². The molecule has 0 aliphatic heterocycles.